The minimum absolute atomic E-state index is 0.601. The first-order chi connectivity index (χ1) is 12.2. The van der Waals surface area contributed by atoms with Gasteiger partial charge in [0.15, 0.2) is 0 Å². The Balaban J connectivity index is 1.76. The van der Waals surface area contributed by atoms with E-state index in [1.54, 1.807) is 6.26 Å². The first-order valence-corrected chi connectivity index (χ1v) is 11.8. The maximum absolute atomic E-state index is 10.9. The highest BCUT2D eigenvalue weighted by Crippen LogP contribution is 2.58. The van der Waals surface area contributed by atoms with Crippen LogP contribution in [0.4, 0.5) is 0 Å². The predicted octanol–water partition coefficient (Wildman–Crippen LogP) is 5.24. The van der Waals surface area contributed by atoms with E-state index in [1.807, 2.05) is 48.5 Å². The number of rotatable bonds is 8. The lowest BCUT2D eigenvalue weighted by Gasteiger charge is -2.26. The van der Waals surface area contributed by atoms with Crippen LogP contribution < -0.4 is 0 Å². The van der Waals surface area contributed by atoms with Gasteiger partial charge in [0.1, 0.15) is 11.6 Å². The number of aliphatic hydroxyl groups excluding tert-OH is 1. The summed E-state index contributed by atoms with van der Waals surface area (Å²) < 4.78 is 5.46. The van der Waals surface area contributed by atoms with Crippen molar-refractivity contribution in [3.63, 3.8) is 0 Å². The molecule has 2 aromatic carbocycles. The van der Waals surface area contributed by atoms with E-state index in [4.69, 9.17) is 16.2 Å². The van der Waals surface area contributed by atoms with E-state index in [9.17, 15) is 5.11 Å². The Hall–Kier alpha value is -1.67. The second-order valence-electron chi connectivity index (χ2n) is 6.26. The average molecular weight is 370 g/mol. The van der Waals surface area contributed by atoms with Crippen molar-refractivity contribution in [2.24, 2.45) is 0 Å². The van der Waals surface area contributed by atoms with E-state index in [0.717, 1.165) is 25.2 Å². The highest BCUT2D eigenvalue weighted by atomic mass is 32.4. The molecule has 2 nitrogen and oxygen atoms in total. The van der Waals surface area contributed by atoms with Crippen molar-refractivity contribution in [1.29, 1.82) is 0 Å². The lowest BCUT2D eigenvalue weighted by Crippen LogP contribution is -2.09. The molecule has 0 spiro atoms. The van der Waals surface area contributed by atoms with Crippen LogP contribution in [0, 0.1) is 0 Å². The van der Waals surface area contributed by atoms with Crippen molar-refractivity contribution in [2.45, 2.75) is 18.7 Å². The molecule has 0 saturated carbocycles. The van der Waals surface area contributed by atoms with Gasteiger partial charge in [0.05, 0.1) is 6.26 Å². The van der Waals surface area contributed by atoms with E-state index in [2.05, 4.69) is 24.3 Å². The van der Waals surface area contributed by atoms with E-state index in [1.165, 1.54) is 11.1 Å². The van der Waals surface area contributed by atoms with Gasteiger partial charge < -0.3 is 9.52 Å². The Bertz CT molecular complexity index is 753. The van der Waals surface area contributed by atoms with Gasteiger partial charge in [0, 0.05) is 0 Å². The van der Waals surface area contributed by atoms with Crippen LogP contribution in [0.5, 0.6) is 0 Å². The molecule has 130 valence electrons. The van der Waals surface area contributed by atoms with Crippen molar-refractivity contribution < 1.29 is 9.52 Å². The molecule has 25 heavy (non-hydrogen) atoms. The van der Waals surface area contributed by atoms with Crippen molar-refractivity contribution in [2.75, 3.05) is 12.3 Å². The molecule has 0 aliphatic rings. The van der Waals surface area contributed by atoms with Gasteiger partial charge in [-0.15, -0.1) is 0 Å². The molecular formula is C21H23O2PS. The number of aryl methyl sites for hydroxylation is 2. The zero-order chi connectivity index (χ0) is 17.5. The molecular weight excluding hydrogens is 347 g/mol. The minimum atomic E-state index is -2.03. The number of hydrogen-bond acceptors (Lipinski definition) is 3. The Morgan fingerprint density at radius 1 is 0.800 bits per heavy atom. The summed E-state index contributed by atoms with van der Waals surface area (Å²) in [6.07, 6.45) is 5.06. The third kappa shape index (κ3) is 4.92. The predicted molar refractivity (Wildman–Crippen MR) is 108 cm³/mol. The van der Waals surface area contributed by atoms with Gasteiger partial charge in [0.25, 0.3) is 0 Å². The number of hydrogen-bond donors (Lipinski definition) is 1. The zero-order valence-electron chi connectivity index (χ0n) is 14.1. The maximum Gasteiger partial charge on any atom is 0.139 e. The average Bonchev–Trinajstić information content (AvgIpc) is 3.20. The van der Waals surface area contributed by atoms with Gasteiger partial charge in [-0.05, 0) is 54.5 Å². The summed E-state index contributed by atoms with van der Waals surface area (Å²) in [5, 5.41) is 10.9. The van der Waals surface area contributed by atoms with Crippen molar-refractivity contribution in [3.8, 4) is 0 Å². The molecule has 1 heterocycles. The molecule has 4 heteroatoms. The Morgan fingerprint density at radius 2 is 1.32 bits per heavy atom. The highest BCUT2D eigenvalue weighted by Gasteiger charge is 2.29. The normalized spacial score (nSPS) is 12.8. The third-order valence-electron chi connectivity index (χ3n) is 4.49. The summed E-state index contributed by atoms with van der Waals surface area (Å²) in [4.78, 5) is 0. The first kappa shape index (κ1) is 18.1. The topological polar surface area (TPSA) is 33.4 Å². The fraction of sp³-hybridized carbons (Fsp3) is 0.238. The summed E-state index contributed by atoms with van der Waals surface area (Å²) in [7, 11) is 0. The molecule has 0 saturated heterocycles. The molecule has 0 radical (unpaired) electrons. The molecule has 1 atom stereocenters. The second kappa shape index (κ2) is 8.62. The summed E-state index contributed by atoms with van der Waals surface area (Å²) in [6.45, 7) is 0. The van der Waals surface area contributed by atoms with Gasteiger partial charge in [-0.25, -0.2) is 0 Å². The van der Waals surface area contributed by atoms with Crippen LogP contribution in [-0.2, 0) is 24.6 Å². The van der Waals surface area contributed by atoms with Crippen molar-refractivity contribution in [3.05, 3.63) is 95.9 Å². The number of aliphatic hydroxyl groups is 1. The van der Waals surface area contributed by atoms with Crippen LogP contribution in [0.1, 0.15) is 22.7 Å². The Labute approximate surface area is 154 Å². The van der Waals surface area contributed by atoms with Crippen molar-refractivity contribution >= 4 is 17.8 Å². The van der Waals surface area contributed by atoms with E-state index in [0.29, 0.717) is 5.76 Å². The fourth-order valence-electron chi connectivity index (χ4n) is 2.95. The molecule has 0 amide bonds. The molecule has 1 N–H and O–H groups in total. The van der Waals surface area contributed by atoms with Crippen LogP contribution in [0.15, 0.2) is 83.5 Å². The summed E-state index contributed by atoms with van der Waals surface area (Å²) in [5.74, 6) is -0.0746. The highest BCUT2D eigenvalue weighted by molar-refractivity contribution is 8.14. The molecule has 0 aliphatic heterocycles. The number of benzene rings is 2. The molecule has 1 unspecified atom stereocenters. The molecule has 0 bridgehead atoms. The zero-order valence-corrected chi connectivity index (χ0v) is 15.8. The van der Waals surface area contributed by atoms with Crippen LogP contribution in [0.3, 0.4) is 0 Å². The van der Waals surface area contributed by atoms with E-state index >= 15 is 0 Å². The lowest BCUT2D eigenvalue weighted by molar-refractivity contribution is 0.229. The van der Waals surface area contributed by atoms with E-state index in [-0.39, 0.29) is 0 Å². The van der Waals surface area contributed by atoms with Crippen LogP contribution in [0.2, 0.25) is 0 Å². The van der Waals surface area contributed by atoms with Crippen molar-refractivity contribution in [1.82, 2.24) is 0 Å². The SMILES string of the molecule is OC(c1ccco1)P(=S)(CCc1ccccc1)CCc1ccccc1. The fourth-order valence-corrected chi connectivity index (χ4v) is 6.41. The first-order valence-electron chi connectivity index (χ1n) is 8.54. The van der Waals surface area contributed by atoms with Crippen LogP contribution >= 0.6 is 6.04 Å². The lowest BCUT2D eigenvalue weighted by atomic mass is 10.2. The molecule has 3 rings (SSSR count). The largest absolute Gasteiger partial charge is 0.466 e. The van der Waals surface area contributed by atoms with E-state index < -0.39 is 11.9 Å². The van der Waals surface area contributed by atoms with Gasteiger partial charge in [-0.2, -0.15) is 0 Å². The van der Waals surface area contributed by atoms with Gasteiger partial charge >= 0.3 is 0 Å². The third-order valence-corrected chi connectivity index (χ3v) is 9.29. The smallest absolute Gasteiger partial charge is 0.139 e. The standard InChI is InChI=1S/C21H23O2PS/c22-21(20-12-7-15-23-20)24(25,16-13-18-8-3-1-4-9-18)17-14-19-10-5-2-6-11-19/h1-12,15,21-22H,13-14,16-17H2. The molecule has 0 fully saturated rings. The number of furan rings is 1. The molecule has 1 aromatic heterocycles. The van der Waals surface area contributed by atoms with Gasteiger partial charge in [-0.1, -0.05) is 72.5 Å². The maximum atomic E-state index is 10.9. The minimum Gasteiger partial charge on any atom is -0.466 e. The summed E-state index contributed by atoms with van der Waals surface area (Å²) in [6, 6.07) is 22.3. The summed E-state index contributed by atoms with van der Waals surface area (Å²) in [5.41, 5.74) is 2.53. The van der Waals surface area contributed by atoms with Crippen LogP contribution in [-0.4, -0.2) is 17.4 Å². The molecule has 0 aliphatic carbocycles. The summed E-state index contributed by atoms with van der Waals surface area (Å²) >= 11 is 6.07. The molecule has 3 aromatic rings. The second-order valence-corrected chi connectivity index (χ2v) is 11.7. The van der Waals surface area contributed by atoms with Gasteiger partial charge in [-0.3, -0.25) is 0 Å². The van der Waals surface area contributed by atoms with Gasteiger partial charge in [0.2, 0.25) is 0 Å². The Kier molecular flexibility index (Phi) is 6.25. The van der Waals surface area contributed by atoms with Crippen LogP contribution in [0.25, 0.3) is 0 Å². The Morgan fingerprint density at radius 3 is 1.76 bits per heavy atom. The quantitative estimate of drug-likeness (QED) is 0.551. The monoisotopic (exact) mass is 370 g/mol.